The second-order valence-corrected chi connectivity index (χ2v) is 5.00. The first kappa shape index (κ1) is 11.8. The van der Waals surface area contributed by atoms with E-state index in [2.05, 4.69) is 36.4 Å². The zero-order chi connectivity index (χ0) is 9.73. The first-order valence-corrected chi connectivity index (χ1v) is 6.99. The Kier molecular flexibility index (Phi) is 5.01. The monoisotopic (exact) mass is 296 g/mol. The van der Waals surface area contributed by atoms with Crippen LogP contribution in [-0.2, 0) is 4.74 Å². The summed E-state index contributed by atoms with van der Waals surface area (Å²) < 4.78 is 7.35. The molecule has 13 heavy (non-hydrogen) atoms. The molecule has 1 rings (SSSR count). The topological polar surface area (TPSA) is 9.23 Å². The van der Waals surface area contributed by atoms with Crippen molar-refractivity contribution >= 4 is 22.6 Å². The minimum absolute atomic E-state index is 0.245. The Morgan fingerprint density at radius 3 is 2.46 bits per heavy atom. The first-order valence-electron chi connectivity index (χ1n) is 5.46. The molecule has 0 aromatic carbocycles. The van der Waals surface area contributed by atoms with Gasteiger partial charge in [-0.3, -0.25) is 0 Å². The van der Waals surface area contributed by atoms with Crippen molar-refractivity contribution in [3.8, 4) is 0 Å². The van der Waals surface area contributed by atoms with Crippen molar-refractivity contribution in [1.29, 1.82) is 0 Å². The lowest BCUT2D eigenvalue weighted by atomic mass is 10.0. The summed E-state index contributed by atoms with van der Waals surface area (Å²) >= 11 is 2.48. The Morgan fingerprint density at radius 2 is 2.00 bits per heavy atom. The lowest BCUT2D eigenvalue weighted by Crippen LogP contribution is -2.34. The maximum atomic E-state index is 6.18. The predicted molar refractivity (Wildman–Crippen MR) is 65.5 cm³/mol. The van der Waals surface area contributed by atoms with E-state index >= 15 is 0 Å². The first-order chi connectivity index (χ1) is 6.22. The molecule has 1 atom stereocenters. The van der Waals surface area contributed by atoms with Crippen molar-refractivity contribution in [2.24, 2.45) is 0 Å². The molecule has 1 unspecified atom stereocenters. The molecule has 0 saturated heterocycles. The van der Waals surface area contributed by atoms with Crippen LogP contribution in [0.3, 0.4) is 0 Å². The van der Waals surface area contributed by atoms with Gasteiger partial charge in [0, 0.05) is 4.43 Å². The van der Waals surface area contributed by atoms with E-state index in [4.69, 9.17) is 4.74 Å². The molecule has 0 aromatic rings. The molecule has 0 aromatic heterocycles. The molecule has 1 aliphatic rings. The molecule has 1 nitrogen and oxygen atoms in total. The standard InChI is InChI=1S/C11H21IO/c1-3-6-10(2)13-11(9-12)7-4-5-8-11/h10H,3-9H2,1-2H3. The van der Waals surface area contributed by atoms with E-state index in [1.165, 1.54) is 43.0 Å². The average Bonchev–Trinajstić information content (AvgIpc) is 2.54. The summed E-state index contributed by atoms with van der Waals surface area (Å²) in [5.41, 5.74) is 0.245. The van der Waals surface area contributed by atoms with Gasteiger partial charge in [-0.05, 0) is 26.2 Å². The van der Waals surface area contributed by atoms with E-state index in [0.29, 0.717) is 6.10 Å². The third-order valence-electron chi connectivity index (χ3n) is 2.90. The Balaban J connectivity index is 2.38. The van der Waals surface area contributed by atoms with Crippen molar-refractivity contribution in [1.82, 2.24) is 0 Å². The minimum Gasteiger partial charge on any atom is -0.371 e. The number of ether oxygens (including phenoxy) is 1. The molecule has 1 aliphatic carbocycles. The number of hydrogen-bond donors (Lipinski definition) is 0. The molecule has 1 fully saturated rings. The second kappa shape index (κ2) is 5.54. The van der Waals surface area contributed by atoms with Crippen molar-refractivity contribution < 1.29 is 4.74 Å². The number of rotatable bonds is 5. The summed E-state index contributed by atoms with van der Waals surface area (Å²) in [6.07, 6.45) is 8.19. The fourth-order valence-electron chi connectivity index (χ4n) is 2.19. The highest BCUT2D eigenvalue weighted by Gasteiger charge is 2.34. The summed E-state index contributed by atoms with van der Waals surface area (Å²) in [6.45, 7) is 4.45. The van der Waals surface area contributed by atoms with Gasteiger partial charge in [0.2, 0.25) is 0 Å². The van der Waals surface area contributed by atoms with E-state index in [0.717, 1.165) is 0 Å². The maximum Gasteiger partial charge on any atom is 0.0775 e. The van der Waals surface area contributed by atoms with Crippen LogP contribution in [0.1, 0.15) is 52.4 Å². The molecule has 0 bridgehead atoms. The van der Waals surface area contributed by atoms with Crippen molar-refractivity contribution in [2.75, 3.05) is 4.43 Å². The van der Waals surface area contributed by atoms with Crippen LogP contribution in [0.5, 0.6) is 0 Å². The van der Waals surface area contributed by atoms with Gasteiger partial charge >= 0.3 is 0 Å². The van der Waals surface area contributed by atoms with Gasteiger partial charge in [-0.15, -0.1) is 0 Å². The highest BCUT2D eigenvalue weighted by Crippen LogP contribution is 2.36. The molecular formula is C11H21IO. The third-order valence-corrected chi connectivity index (χ3v) is 4.29. The van der Waals surface area contributed by atoms with E-state index in [9.17, 15) is 0 Å². The molecule has 0 spiro atoms. The van der Waals surface area contributed by atoms with Crippen LogP contribution >= 0.6 is 22.6 Å². The van der Waals surface area contributed by atoms with Crippen LogP contribution in [0.15, 0.2) is 0 Å². The van der Waals surface area contributed by atoms with Gasteiger partial charge in [0.15, 0.2) is 0 Å². The zero-order valence-corrected chi connectivity index (χ0v) is 11.0. The Labute approximate surface area is 95.8 Å². The molecule has 0 aliphatic heterocycles. The summed E-state index contributed by atoms with van der Waals surface area (Å²) in [5, 5.41) is 0. The molecule has 0 radical (unpaired) electrons. The van der Waals surface area contributed by atoms with Gasteiger partial charge in [0.1, 0.15) is 0 Å². The number of halogens is 1. The summed E-state index contributed by atoms with van der Waals surface area (Å²) in [6, 6.07) is 0. The summed E-state index contributed by atoms with van der Waals surface area (Å²) in [5.74, 6) is 0. The van der Waals surface area contributed by atoms with Gasteiger partial charge < -0.3 is 4.74 Å². The Bertz CT molecular complexity index is 141. The molecule has 78 valence electrons. The minimum atomic E-state index is 0.245. The lowest BCUT2D eigenvalue weighted by molar-refractivity contribution is -0.0684. The van der Waals surface area contributed by atoms with Gasteiger partial charge in [-0.25, -0.2) is 0 Å². The van der Waals surface area contributed by atoms with Gasteiger partial charge in [0.25, 0.3) is 0 Å². The fraction of sp³-hybridized carbons (Fsp3) is 1.00. The maximum absolute atomic E-state index is 6.18. The molecule has 0 N–H and O–H groups in total. The Morgan fingerprint density at radius 1 is 1.38 bits per heavy atom. The molecule has 0 heterocycles. The van der Waals surface area contributed by atoms with Crippen molar-refractivity contribution in [3.63, 3.8) is 0 Å². The number of hydrogen-bond acceptors (Lipinski definition) is 1. The molecule has 0 amide bonds. The van der Waals surface area contributed by atoms with Crippen LogP contribution in [0.25, 0.3) is 0 Å². The van der Waals surface area contributed by atoms with Crippen LogP contribution in [-0.4, -0.2) is 16.1 Å². The normalized spacial score (nSPS) is 23.3. The smallest absolute Gasteiger partial charge is 0.0775 e. The molecule has 1 saturated carbocycles. The predicted octanol–water partition coefficient (Wildman–Crippen LogP) is 3.94. The van der Waals surface area contributed by atoms with Crippen LogP contribution in [0.2, 0.25) is 0 Å². The third kappa shape index (κ3) is 3.39. The quantitative estimate of drug-likeness (QED) is 0.551. The average molecular weight is 296 g/mol. The largest absolute Gasteiger partial charge is 0.371 e. The molecular weight excluding hydrogens is 275 g/mol. The van der Waals surface area contributed by atoms with Crippen LogP contribution in [0.4, 0.5) is 0 Å². The van der Waals surface area contributed by atoms with E-state index < -0.39 is 0 Å². The second-order valence-electron chi connectivity index (χ2n) is 4.24. The van der Waals surface area contributed by atoms with Crippen molar-refractivity contribution in [3.05, 3.63) is 0 Å². The van der Waals surface area contributed by atoms with Crippen LogP contribution < -0.4 is 0 Å². The SMILES string of the molecule is CCCC(C)OC1(CI)CCCC1. The zero-order valence-electron chi connectivity index (χ0n) is 8.81. The highest BCUT2D eigenvalue weighted by molar-refractivity contribution is 14.1. The van der Waals surface area contributed by atoms with Crippen molar-refractivity contribution in [2.45, 2.75) is 64.1 Å². The van der Waals surface area contributed by atoms with E-state index in [1.54, 1.807) is 0 Å². The lowest BCUT2D eigenvalue weighted by Gasteiger charge is -2.30. The fourth-order valence-corrected chi connectivity index (χ4v) is 3.14. The van der Waals surface area contributed by atoms with E-state index in [-0.39, 0.29) is 5.60 Å². The van der Waals surface area contributed by atoms with Crippen LogP contribution in [0, 0.1) is 0 Å². The van der Waals surface area contributed by atoms with Gasteiger partial charge in [0.05, 0.1) is 11.7 Å². The summed E-state index contributed by atoms with van der Waals surface area (Å²) in [7, 11) is 0. The van der Waals surface area contributed by atoms with Gasteiger partial charge in [-0.1, -0.05) is 48.8 Å². The van der Waals surface area contributed by atoms with Gasteiger partial charge in [-0.2, -0.15) is 0 Å². The Hall–Kier alpha value is 0.690. The molecule has 2 heteroatoms. The van der Waals surface area contributed by atoms with E-state index in [1.807, 2.05) is 0 Å². The summed E-state index contributed by atoms with van der Waals surface area (Å²) in [4.78, 5) is 0. The highest BCUT2D eigenvalue weighted by atomic mass is 127. The number of alkyl halides is 1.